The number of rotatable bonds is 3. The molecule has 0 saturated heterocycles. The molecular weight excluding hydrogens is 361 g/mol. The van der Waals surface area contributed by atoms with Crippen LogP contribution in [-0.4, -0.2) is 19.4 Å². The number of nitrogens with two attached hydrogens (primary N) is 1. The molecule has 4 aromatic rings. The molecule has 3 aromatic heterocycles. The van der Waals surface area contributed by atoms with Gasteiger partial charge in [0, 0.05) is 34.6 Å². The summed E-state index contributed by atoms with van der Waals surface area (Å²) in [5, 5.41) is 1.10. The molecule has 1 aromatic carbocycles. The van der Waals surface area contributed by atoms with Crippen molar-refractivity contribution in [1.29, 1.82) is 0 Å². The number of fused-ring (bicyclic) bond motifs is 1. The summed E-state index contributed by atoms with van der Waals surface area (Å²) in [6.45, 7) is 2.22. The number of aromatic nitrogens is 4. The molecule has 0 bridgehead atoms. The minimum absolute atomic E-state index is 0.318. The number of halogens is 2. The molecular formula is C17H13Cl2N5O. The summed E-state index contributed by atoms with van der Waals surface area (Å²) >= 11 is 12.5. The van der Waals surface area contributed by atoms with Crippen molar-refractivity contribution >= 4 is 29.0 Å². The molecule has 0 spiro atoms. The summed E-state index contributed by atoms with van der Waals surface area (Å²) in [6, 6.07) is 5.36. The third kappa shape index (κ3) is 2.68. The Morgan fingerprint density at radius 2 is 2.08 bits per heavy atom. The monoisotopic (exact) mass is 373 g/mol. The van der Waals surface area contributed by atoms with E-state index in [1.54, 1.807) is 18.3 Å². The summed E-state index contributed by atoms with van der Waals surface area (Å²) in [5.74, 6) is 1.09. The molecule has 0 atom stereocenters. The molecule has 25 heavy (non-hydrogen) atoms. The van der Waals surface area contributed by atoms with Crippen molar-refractivity contribution in [1.82, 2.24) is 19.4 Å². The average Bonchev–Trinajstić information content (AvgIpc) is 3.23. The lowest BCUT2D eigenvalue weighted by Crippen LogP contribution is -2.08. The Labute approximate surface area is 153 Å². The molecule has 8 heteroatoms. The van der Waals surface area contributed by atoms with Gasteiger partial charge in [0.25, 0.3) is 0 Å². The van der Waals surface area contributed by atoms with Gasteiger partial charge in [-0.3, -0.25) is 4.40 Å². The molecule has 0 fully saturated rings. The molecule has 0 unspecified atom stereocenters. The second-order valence-electron chi connectivity index (χ2n) is 5.51. The van der Waals surface area contributed by atoms with Crippen molar-refractivity contribution in [3.63, 3.8) is 0 Å². The van der Waals surface area contributed by atoms with Crippen molar-refractivity contribution < 1.29 is 4.42 Å². The minimum atomic E-state index is 0.318. The van der Waals surface area contributed by atoms with Gasteiger partial charge in [-0.25, -0.2) is 15.0 Å². The molecule has 4 rings (SSSR count). The van der Waals surface area contributed by atoms with Gasteiger partial charge in [-0.2, -0.15) is 0 Å². The Hall–Kier alpha value is -2.41. The lowest BCUT2D eigenvalue weighted by molar-refractivity contribution is 0.570. The van der Waals surface area contributed by atoms with Crippen LogP contribution in [0.15, 0.2) is 41.4 Å². The van der Waals surface area contributed by atoms with Gasteiger partial charge in [-0.1, -0.05) is 23.2 Å². The smallest absolute Gasteiger partial charge is 0.235 e. The van der Waals surface area contributed by atoms with E-state index in [-0.39, 0.29) is 0 Å². The number of imidazole rings is 1. The van der Waals surface area contributed by atoms with Gasteiger partial charge in [0.05, 0.1) is 16.9 Å². The first-order valence-corrected chi connectivity index (χ1v) is 8.27. The number of hydrogen-bond donors (Lipinski definition) is 1. The maximum atomic E-state index is 6.44. The van der Waals surface area contributed by atoms with E-state index in [0.29, 0.717) is 33.8 Å². The summed E-state index contributed by atoms with van der Waals surface area (Å²) in [6.07, 6.45) is 4.80. The predicted octanol–water partition coefficient (Wildman–Crippen LogP) is 4.13. The van der Waals surface area contributed by atoms with Crippen molar-refractivity contribution in [3.05, 3.63) is 58.3 Å². The van der Waals surface area contributed by atoms with Crippen molar-refractivity contribution in [2.75, 3.05) is 0 Å². The van der Waals surface area contributed by atoms with Gasteiger partial charge >= 0.3 is 0 Å². The Morgan fingerprint density at radius 3 is 2.76 bits per heavy atom. The molecule has 3 heterocycles. The minimum Gasteiger partial charge on any atom is -0.442 e. The number of hydrogen-bond acceptors (Lipinski definition) is 5. The van der Waals surface area contributed by atoms with Gasteiger partial charge in [-0.05, 0) is 25.1 Å². The second kappa shape index (κ2) is 6.15. The second-order valence-corrected chi connectivity index (χ2v) is 6.36. The summed E-state index contributed by atoms with van der Waals surface area (Å²) in [4.78, 5) is 13.0. The van der Waals surface area contributed by atoms with Crippen LogP contribution in [0.3, 0.4) is 0 Å². The van der Waals surface area contributed by atoms with Crippen LogP contribution in [0.25, 0.3) is 28.5 Å². The van der Waals surface area contributed by atoms with Crippen LogP contribution in [0.1, 0.15) is 11.3 Å². The molecule has 6 nitrogen and oxygen atoms in total. The van der Waals surface area contributed by atoms with Gasteiger partial charge in [0.1, 0.15) is 5.69 Å². The number of aryl methyl sites for hydroxylation is 1. The van der Waals surface area contributed by atoms with Crippen LogP contribution in [0, 0.1) is 6.92 Å². The van der Waals surface area contributed by atoms with Gasteiger partial charge in [0.15, 0.2) is 12.2 Å². The van der Waals surface area contributed by atoms with Gasteiger partial charge < -0.3 is 10.2 Å². The highest BCUT2D eigenvalue weighted by molar-refractivity contribution is 6.36. The first kappa shape index (κ1) is 16.1. The largest absolute Gasteiger partial charge is 0.442 e. The van der Waals surface area contributed by atoms with Gasteiger partial charge in [-0.15, -0.1) is 0 Å². The maximum absolute atomic E-state index is 6.44. The highest BCUT2D eigenvalue weighted by Crippen LogP contribution is 2.34. The summed E-state index contributed by atoms with van der Waals surface area (Å²) < 4.78 is 7.20. The van der Waals surface area contributed by atoms with E-state index in [9.17, 15) is 0 Å². The zero-order valence-corrected chi connectivity index (χ0v) is 14.7. The van der Waals surface area contributed by atoms with Crippen LogP contribution in [0.2, 0.25) is 10.0 Å². The molecule has 126 valence electrons. The predicted molar refractivity (Wildman–Crippen MR) is 96.6 cm³/mol. The van der Waals surface area contributed by atoms with E-state index >= 15 is 0 Å². The number of nitrogens with zero attached hydrogens (tertiary/aromatic N) is 4. The summed E-state index contributed by atoms with van der Waals surface area (Å²) in [5.41, 5.74) is 9.95. The lowest BCUT2D eigenvalue weighted by Gasteiger charge is -2.14. The Bertz CT molecular complexity index is 1070. The zero-order valence-electron chi connectivity index (χ0n) is 13.2. The third-order valence-electron chi connectivity index (χ3n) is 3.99. The Kier molecular flexibility index (Phi) is 3.95. The Morgan fingerprint density at radius 1 is 1.24 bits per heavy atom. The van der Waals surface area contributed by atoms with Crippen molar-refractivity contribution in [2.45, 2.75) is 13.5 Å². The molecule has 0 amide bonds. The van der Waals surface area contributed by atoms with E-state index in [1.807, 2.05) is 23.6 Å². The number of oxazole rings is 1. The van der Waals surface area contributed by atoms with E-state index in [4.69, 9.17) is 33.4 Å². The fourth-order valence-electron chi connectivity index (χ4n) is 2.83. The van der Waals surface area contributed by atoms with Crippen molar-refractivity contribution in [3.8, 4) is 22.7 Å². The van der Waals surface area contributed by atoms with E-state index < -0.39 is 0 Å². The highest BCUT2D eigenvalue weighted by Gasteiger charge is 2.19. The lowest BCUT2D eigenvalue weighted by atomic mass is 10.0. The van der Waals surface area contributed by atoms with Crippen LogP contribution in [0.4, 0.5) is 0 Å². The first-order valence-electron chi connectivity index (χ1n) is 7.51. The maximum Gasteiger partial charge on any atom is 0.235 e. The van der Waals surface area contributed by atoms with Crippen LogP contribution < -0.4 is 5.73 Å². The number of benzene rings is 1. The van der Waals surface area contributed by atoms with E-state index in [2.05, 4.69) is 15.0 Å². The molecule has 2 N–H and O–H groups in total. The SMILES string of the molecule is Cc1nc2nc(-c3cnco3)cn2c(-c2ccc(Cl)cc2Cl)c1CN. The fourth-order valence-corrected chi connectivity index (χ4v) is 3.33. The van der Waals surface area contributed by atoms with E-state index in [1.165, 1.54) is 6.39 Å². The molecule has 0 saturated carbocycles. The van der Waals surface area contributed by atoms with E-state index in [0.717, 1.165) is 22.5 Å². The first-order chi connectivity index (χ1) is 12.1. The van der Waals surface area contributed by atoms with Crippen molar-refractivity contribution in [2.24, 2.45) is 5.73 Å². The van der Waals surface area contributed by atoms with Crippen LogP contribution in [0.5, 0.6) is 0 Å². The topological polar surface area (TPSA) is 82.2 Å². The third-order valence-corrected chi connectivity index (χ3v) is 4.54. The zero-order chi connectivity index (χ0) is 17.6. The normalized spacial score (nSPS) is 11.4. The molecule has 0 radical (unpaired) electrons. The Balaban J connectivity index is 2.06. The van der Waals surface area contributed by atoms with Gasteiger partial charge in [0.2, 0.25) is 5.78 Å². The summed E-state index contributed by atoms with van der Waals surface area (Å²) in [7, 11) is 0. The average molecular weight is 374 g/mol. The standard InChI is InChI=1S/C17H13Cl2N5O/c1-9-12(5-20)16(11-3-2-10(18)4-13(11)19)24-7-14(23-17(24)22-9)15-6-21-8-25-15/h2-4,6-8H,5,20H2,1H3. The highest BCUT2D eigenvalue weighted by atomic mass is 35.5. The molecule has 0 aliphatic rings. The van der Waals surface area contributed by atoms with Crippen LogP contribution >= 0.6 is 23.2 Å². The molecule has 0 aliphatic carbocycles. The molecule has 0 aliphatic heterocycles. The van der Waals surface area contributed by atoms with Crippen LogP contribution in [-0.2, 0) is 6.54 Å². The quantitative estimate of drug-likeness (QED) is 0.583. The fraction of sp³-hybridized carbons (Fsp3) is 0.118.